The molecule has 4 nitrogen and oxygen atoms in total. The molecule has 0 unspecified atom stereocenters. The summed E-state index contributed by atoms with van der Waals surface area (Å²) in [6, 6.07) is 0.757. The third kappa shape index (κ3) is 6.50. The summed E-state index contributed by atoms with van der Waals surface area (Å²) in [6.45, 7) is 4.15. The van der Waals surface area contributed by atoms with Crippen LogP contribution in [-0.4, -0.2) is 37.1 Å². The molecule has 0 aromatic heterocycles. The second kappa shape index (κ2) is 8.89. The molecule has 0 saturated heterocycles. The second-order valence-electron chi connectivity index (χ2n) is 2.10. The highest BCUT2D eigenvalue weighted by Gasteiger charge is 2.10. The summed E-state index contributed by atoms with van der Waals surface area (Å²) in [5.41, 5.74) is 0. The van der Waals surface area contributed by atoms with Crippen molar-refractivity contribution in [2.75, 3.05) is 27.8 Å². The summed E-state index contributed by atoms with van der Waals surface area (Å²) in [4.78, 5) is 0. The third-order valence-corrected chi connectivity index (χ3v) is 2.84. The lowest BCUT2D eigenvalue weighted by molar-refractivity contribution is -0.00661. The Labute approximate surface area is 74.9 Å². The zero-order valence-electron chi connectivity index (χ0n) is 7.62. The van der Waals surface area contributed by atoms with Crippen molar-refractivity contribution in [2.45, 2.75) is 6.04 Å². The molecule has 0 rings (SSSR count). The van der Waals surface area contributed by atoms with Crippen LogP contribution in [0.2, 0.25) is 6.04 Å². The van der Waals surface area contributed by atoms with Gasteiger partial charge in [-0.1, -0.05) is 6.08 Å². The van der Waals surface area contributed by atoms with Gasteiger partial charge in [-0.15, -0.1) is 6.58 Å². The summed E-state index contributed by atoms with van der Waals surface area (Å²) >= 11 is 0. The molecule has 0 heterocycles. The minimum absolute atomic E-state index is 0.272. The van der Waals surface area contributed by atoms with Gasteiger partial charge < -0.3 is 18.3 Å². The highest BCUT2D eigenvalue weighted by molar-refractivity contribution is 6.44. The molecular formula is C7H16O4Si. The smallest absolute Gasteiger partial charge is 0.328 e. The van der Waals surface area contributed by atoms with Crippen LogP contribution in [0.1, 0.15) is 0 Å². The van der Waals surface area contributed by atoms with E-state index in [1.807, 2.05) is 0 Å². The zero-order chi connectivity index (χ0) is 9.23. The molecule has 0 spiro atoms. The molecule has 0 bridgehead atoms. The van der Waals surface area contributed by atoms with Gasteiger partial charge in [-0.2, -0.15) is 0 Å². The van der Waals surface area contributed by atoms with E-state index in [4.69, 9.17) is 18.3 Å². The minimum Gasteiger partial charge on any atom is -0.372 e. The van der Waals surface area contributed by atoms with E-state index in [2.05, 4.69) is 6.58 Å². The first-order valence-electron chi connectivity index (χ1n) is 3.67. The maximum atomic E-state index is 5.28. The highest BCUT2D eigenvalue weighted by atomic mass is 28.3. The van der Waals surface area contributed by atoms with E-state index in [9.17, 15) is 0 Å². The average Bonchev–Trinajstić information content (AvgIpc) is 2.10. The van der Waals surface area contributed by atoms with Gasteiger partial charge in [0.25, 0.3) is 0 Å². The Balaban J connectivity index is 3.46. The van der Waals surface area contributed by atoms with Crippen molar-refractivity contribution in [1.29, 1.82) is 0 Å². The minimum atomic E-state index is -1.64. The number of allylic oxidation sites excluding steroid dienone is 1. The molecule has 0 fully saturated rings. The van der Waals surface area contributed by atoms with Gasteiger partial charge in [0, 0.05) is 20.3 Å². The molecule has 12 heavy (non-hydrogen) atoms. The van der Waals surface area contributed by atoms with Crippen molar-refractivity contribution in [3.63, 3.8) is 0 Å². The second-order valence-corrected chi connectivity index (χ2v) is 4.10. The number of hydrogen-bond acceptors (Lipinski definition) is 4. The lowest BCUT2D eigenvalue weighted by Crippen LogP contribution is -2.24. The zero-order valence-corrected chi connectivity index (χ0v) is 8.77. The van der Waals surface area contributed by atoms with Gasteiger partial charge in [-0.3, -0.25) is 0 Å². The van der Waals surface area contributed by atoms with Gasteiger partial charge in [0.05, 0.1) is 0 Å². The lowest BCUT2D eigenvalue weighted by Gasteiger charge is -2.13. The predicted octanol–water partition coefficient (Wildman–Crippen LogP) is 0.634. The fourth-order valence-corrected chi connectivity index (χ4v) is 1.82. The molecule has 0 radical (unpaired) electrons. The number of methoxy groups -OCH3 is 2. The Morgan fingerprint density at radius 1 is 1.17 bits per heavy atom. The van der Waals surface area contributed by atoms with E-state index >= 15 is 0 Å². The molecule has 0 aliphatic carbocycles. The first kappa shape index (κ1) is 11.8. The van der Waals surface area contributed by atoms with E-state index in [1.54, 1.807) is 20.3 Å². The van der Waals surface area contributed by atoms with Crippen LogP contribution < -0.4 is 0 Å². The van der Waals surface area contributed by atoms with Gasteiger partial charge in [0.2, 0.25) is 0 Å². The van der Waals surface area contributed by atoms with E-state index in [1.165, 1.54) is 0 Å². The van der Waals surface area contributed by atoms with Crippen LogP contribution in [0.3, 0.4) is 0 Å². The molecule has 0 aliphatic rings. The third-order valence-electron chi connectivity index (χ3n) is 1.10. The van der Waals surface area contributed by atoms with Crippen molar-refractivity contribution in [1.82, 2.24) is 0 Å². The number of hydrogen-bond donors (Lipinski definition) is 0. The summed E-state index contributed by atoms with van der Waals surface area (Å²) in [6.07, 6.45) is 1.78. The van der Waals surface area contributed by atoms with Crippen molar-refractivity contribution in [3.05, 3.63) is 12.7 Å². The first-order valence-corrected chi connectivity index (χ1v) is 5.43. The van der Waals surface area contributed by atoms with Crippen LogP contribution in [0, 0.1) is 0 Å². The molecule has 5 heteroatoms. The largest absolute Gasteiger partial charge is 0.372 e. The Hall–Kier alpha value is -0.203. The summed E-state index contributed by atoms with van der Waals surface area (Å²) in [7, 11) is 1.52. The normalized spacial score (nSPS) is 10.6. The van der Waals surface area contributed by atoms with Crippen LogP contribution in [0.15, 0.2) is 12.7 Å². The van der Waals surface area contributed by atoms with Gasteiger partial charge in [0.1, 0.15) is 13.6 Å². The van der Waals surface area contributed by atoms with E-state index in [0.717, 1.165) is 6.04 Å². The number of ether oxygens (including phenoxy) is 2. The van der Waals surface area contributed by atoms with Gasteiger partial charge in [0.15, 0.2) is 0 Å². The molecule has 0 aromatic rings. The molecular weight excluding hydrogens is 176 g/mol. The Morgan fingerprint density at radius 3 is 2.00 bits per heavy atom. The van der Waals surface area contributed by atoms with Crippen LogP contribution in [-0.2, 0) is 18.3 Å². The van der Waals surface area contributed by atoms with E-state index in [0.29, 0.717) is 0 Å². The average molecular weight is 192 g/mol. The molecule has 0 aliphatic heterocycles. The molecule has 0 N–H and O–H groups in total. The van der Waals surface area contributed by atoms with Crippen molar-refractivity contribution in [3.8, 4) is 0 Å². The lowest BCUT2D eigenvalue weighted by atomic mass is 10.8. The SMILES string of the molecule is C=CC[SiH](OCOC)OCOC. The first-order chi connectivity index (χ1) is 5.85. The van der Waals surface area contributed by atoms with E-state index < -0.39 is 9.28 Å². The van der Waals surface area contributed by atoms with E-state index in [-0.39, 0.29) is 13.6 Å². The van der Waals surface area contributed by atoms with Gasteiger partial charge >= 0.3 is 9.28 Å². The van der Waals surface area contributed by atoms with Crippen LogP contribution in [0.25, 0.3) is 0 Å². The predicted molar refractivity (Wildman–Crippen MR) is 48.1 cm³/mol. The quantitative estimate of drug-likeness (QED) is 0.321. The molecule has 0 atom stereocenters. The van der Waals surface area contributed by atoms with Gasteiger partial charge in [-0.05, 0) is 0 Å². The topological polar surface area (TPSA) is 36.9 Å². The monoisotopic (exact) mass is 192 g/mol. The van der Waals surface area contributed by atoms with Crippen molar-refractivity contribution >= 4 is 9.28 Å². The molecule has 0 aromatic carbocycles. The van der Waals surface area contributed by atoms with Crippen molar-refractivity contribution < 1.29 is 18.3 Å². The van der Waals surface area contributed by atoms with Crippen LogP contribution >= 0.6 is 0 Å². The maximum absolute atomic E-state index is 5.28. The summed E-state index contributed by atoms with van der Waals surface area (Å²) < 4.78 is 20.1. The molecule has 0 amide bonds. The van der Waals surface area contributed by atoms with Gasteiger partial charge in [-0.25, -0.2) is 0 Å². The maximum Gasteiger partial charge on any atom is 0.328 e. The van der Waals surface area contributed by atoms with Crippen LogP contribution in [0.4, 0.5) is 0 Å². The number of rotatable bonds is 8. The Kier molecular flexibility index (Phi) is 8.74. The summed E-state index contributed by atoms with van der Waals surface area (Å²) in [5, 5.41) is 0. The summed E-state index contributed by atoms with van der Waals surface area (Å²) in [5.74, 6) is 0. The molecule has 0 saturated carbocycles. The highest BCUT2D eigenvalue weighted by Crippen LogP contribution is 1.97. The fourth-order valence-electron chi connectivity index (χ4n) is 0.608. The Bertz CT molecular complexity index is 102. The Morgan fingerprint density at radius 2 is 1.67 bits per heavy atom. The fraction of sp³-hybridized carbons (Fsp3) is 0.714. The van der Waals surface area contributed by atoms with Crippen molar-refractivity contribution in [2.24, 2.45) is 0 Å². The standard InChI is InChI=1S/C7H16O4Si/c1-4-5-12(10-6-8-2)11-7-9-3/h4,12H,1,5-7H2,2-3H3. The molecule has 72 valence electrons. The van der Waals surface area contributed by atoms with Crippen LogP contribution in [0.5, 0.6) is 0 Å².